The van der Waals surface area contributed by atoms with Crippen LogP contribution in [0.25, 0.3) is 0 Å². The molecule has 1 saturated carbocycles. The molecular formula is C15H24N6O2S. The molecule has 1 aliphatic heterocycles. The fourth-order valence-electron chi connectivity index (χ4n) is 2.93. The number of imide groups is 1. The first-order chi connectivity index (χ1) is 11.6. The van der Waals surface area contributed by atoms with Crippen LogP contribution >= 0.6 is 11.8 Å². The van der Waals surface area contributed by atoms with Gasteiger partial charge in [-0.3, -0.25) is 14.7 Å². The van der Waals surface area contributed by atoms with Gasteiger partial charge in [-0.1, -0.05) is 11.8 Å². The highest BCUT2D eigenvalue weighted by molar-refractivity contribution is 7.99. The molecule has 1 aliphatic carbocycles. The third kappa shape index (κ3) is 4.40. The van der Waals surface area contributed by atoms with Gasteiger partial charge in [-0.25, -0.2) is 4.79 Å². The van der Waals surface area contributed by atoms with Crippen molar-refractivity contribution in [3.05, 3.63) is 0 Å². The van der Waals surface area contributed by atoms with Crippen LogP contribution in [0, 0.1) is 0 Å². The van der Waals surface area contributed by atoms with Crippen molar-refractivity contribution in [3.63, 3.8) is 0 Å². The molecular weight excluding hydrogens is 328 g/mol. The summed E-state index contributed by atoms with van der Waals surface area (Å²) >= 11 is 1.63. The van der Waals surface area contributed by atoms with Crippen LogP contribution < -0.4 is 16.0 Å². The second kappa shape index (κ2) is 7.87. The molecule has 1 aromatic heterocycles. The minimum Gasteiger partial charge on any atom is -0.351 e. The van der Waals surface area contributed by atoms with E-state index >= 15 is 0 Å². The van der Waals surface area contributed by atoms with Gasteiger partial charge in [-0.2, -0.15) is 0 Å². The third-order valence-electron chi connectivity index (χ3n) is 4.24. The van der Waals surface area contributed by atoms with Crippen molar-refractivity contribution in [3.8, 4) is 0 Å². The van der Waals surface area contributed by atoms with Crippen molar-refractivity contribution in [2.45, 2.75) is 56.1 Å². The molecule has 1 saturated heterocycles. The van der Waals surface area contributed by atoms with Gasteiger partial charge < -0.3 is 10.6 Å². The van der Waals surface area contributed by atoms with E-state index in [1.165, 1.54) is 32.1 Å². The Morgan fingerprint density at radius 1 is 1.21 bits per heavy atom. The molecule has 1 aromatic rings. The third-order valence-corrected chi connectivity index (χ3v) is 5.27. The maximum absolute atomic E-state index is 11.4. The Morgan fingerprint density at radius 2 is 1.96 bits per heavy atom. The molecule has 3 amide bonds. The normalized spacial score (nSPS) is 17.8. The fraction of sp³-hybridized carbons (Fsp3) is 0.733. The van der Waals surface area contributed by atoms with E-state index in [9.17, 15) is 9.59 Å². The number of piperidine rings is 1. The lowest BCUT2D eigenvalue weighted by Gasteiger charge is -2.27. The van der Waals surface area contributed by atoms with Crippen molar-refractivity contribution in [1.82, 2.24) is 20.1 Å². The van der Waals surface area contributed by atoms with E-state index in [1.54, 1.807) is 11.8 Å². The lowest BCUT2D eigenvalue weighted by atomic mass is 10.1. The van der Waals surface area contributed by atoms with Crippen LogP contribution in [0.5, 0.6) is 0 Å². The summed E-state index contributed by atoms with van der Waals surface area (Å²) in [5.74, 6) is 1.43. The second-order valence-electron chi connectivity index (χ2n) is 6.30. The maximum atomic E-state index is 11.4. The van der Waals surface area contributed by atoms with Gasteiger partial charge in [0, 0.05) is 31.3 Å². The molecule has 0 radical (unpaired) electrons. The van der Waals surface area contributed by atoms with Gasteiger partial charge in [-0.05, 0) is 38.5 Å². The van der Waals surface area contributed by atoms with Crippen molar-refractivity contribution in [2.24, 2.45) is 5.73 Å². The summed E-state index contributed by atoms with van der Waals surface area (Å²) in [6.45, 7) is 2.12. The highest BCUT2D eigenvalue weighted by Crippen LogP contribution is 2.41. The predicted octanol–water partition coefficient (Wildman–Crippen LogP) is 1.67. The average Bonchev–Trinajstić information content (AvgIpc) is 3.31. The van der Waals surface area contributed by atoms with E-state index in [-0.39, 0.29) is 12.3 Å². The predicted molar refractivity (Wildman–Crippen MR) is 92.0 cm³/mol. The summed E-state index contributed by atoms with van der Waals surface area (Å²) in [6, 6.07) is -0.273. The van der Waals surface area contributed by atoms with Crippen LogP contribution in [0.3, 0.4) is 0 Å². The number of thioether (sulfide) groups is 1. The number of nitrogens with one attached hydrogen (secondary N) is 1. The van der Waals surface area contributed by atoms with E-state index in [0.717, 1.165) is 29.9 Å². The highest BCUT2D eigenvalue weighted by atomic mass is 32.2. The molecule has 0 bridgehead atoms. The molecule has 2 heterocycles. The standard InChI is InChI=1S/C15H24N6O2S/c16-13(23)17-12(22)5-4-10-24-15-19-18-14(21(15)11-6-7-11)20-8-2-1-3-9-20/h11H,1-10H2,(H3,16,17,22,23). The van der Waals surface area contributed by atoms with Crippen molar-refractivity contribution >= 4 is 29.6 Å². The smallest absolute Gasteiger partial charge is 0.318 e. The van der Waals surface area contributed by atoms with Crippen molar-refractivity contribution < 1.29 is 9.59 Å². The minimum atomic E-state index is -0.799. The topological polar surface area (TPSA) is 106 Å². The summed E-state index contributed by atoms with van der Waals surface area (Å²) in [5.41, 5.74) is 4.92. The molecule has 3 N–H and O–H groups in total. The second-order valence-corrected chi connectivity index (χ2v) is 7.36. The van der Waals surface area contributed by atoms with E-state index in [1.807, 2.05) is 0 Å². The summed E-state index contributed by atoms with van der Waals surface area (Å²) in [7, 11) is 0. The first kappa shape index (κ1) is 17.1. The summed E-state index contributed by atoms with van der Waals surface area (Å²) < 4.78 is 2.28. The van der Waals surface area contributed by atoms with Crippen LogP contribution in [0.15, 0.2) is 5.16 Å². The van der Waals surface area contributed by atoms with E-state index in [4.69, 9.17) is 5.73 Å². The van der Waals surface area contributed by atoms with Crippen molar-refractivity contribution in [1.29, 1.82) is 0 Å². The highest BCUT2D eigenvalue weighted by Gasteiger charge is 2.31. The summed E-state index contributed by atoms with van der Waals surface area (Å²) in [4.78, 5) is 24.3. The SMILES string of the molecule is NC(=O)NC(=O)CCCSc1nnc(N2CCCCC2)n1C1CC1. The van der Waals surface area contributed by atoms with Gasteiger partial charge in [-0.15, -0.1) is 10.2 Å². The number of aromatic nitrogens is 3. The number of hydrogen-bond donors (Lipinski definition) is 2. The number of urea groups is 1. The Labute approximate surface area is 145 Å². The largest absolute Gasteiger partial charge is 0.351 e. The molecule has 3 rings (SSSR count). The van der Waals surface area contributed by atoms with Crippen molar-refractivity contribution in [2.75, 3.05) is 23.7 Å². The van der Waals surface area contributed by atoms with Gasteiger partial charge in [0.1, 0.15) is 0 Å². The van der Waals surface area contributed by atoms with Crippen LogP contribution in [-0.2, 0) is 4.79 Å². The van der Waals surface area contributed by atoms with E-state index in [0.29, 0.717) is 12.5 Å². The Hall–Kier alpha value is -1.77. The zero-order chi connectivity index (χ0) is 16.9. The lowest BCUT2D eigenvalue weighted by molar-refractivity contribution is -0.119. The Kier molecular flexibility index (Phi) is 5.60. The van der Waals surface area contributed by atoms with Gasteiger partial charge in [0.2, 0.25) is 11.9 Å². The van der Waals surface area contributed by atoms with Crippen LogP contribution in [0.1, 0.15) is 51.0 Å². The monoisotopic (exact) mass is 352 g/mol. The van der Waals surface area contributed by atoms with Gasteiger partial charge in [0.05, 0.1) is 0 Å². The number of carbonyl (C=O) groups is 2. The number of rotatable bonds is 7. The Morgan fingerprint density at radius 3 is 2.62 bits per heavy atom. The van der Waals surface area contributed by atoms with E-state index in [2.05, 4.69) is 25.0 Å². The molecule has 0 unspecified atom stereocenters. The Balaban J connectivity index is 1.55. The number of nitrogens with zero attached hydrogens (tertiary/aromatic N) is 4. The molecule has 8 nitrogen and oxygen atoms in total. The van der Waals surface area contributed by atoms with Gasteiger partial charge >= 0.3 is 6.03 Å². The number of hydrogen-bond acceptors (Lipinski definition) is 6. The van der Waals surface area contributed by atoms with Crippen LogP contribution in [0.4, 0.5) is 10.7 Å². The zero-order valence-electron chi connectivity index (χ0n) is 13.7. The lowest BCUT2D eigenvalue weighted by Crippen LogP contribution is -2.34. The first-order valence-electron chi connectivity index (χ1n) is 8.57. The summed E-state index contributed by atoms with van der Waals surface area (Å²) in [5, 5.41) is 11.8. The molecule has 2 aliphatic rings. The van der Waals surface area contributed by atoms with Crippen LogP contribution in [-0.4, -0.2) is 45.5 Å². The number of nitrogens with two attached hydrogens (primary N) is 1. The molecule has 0 spiro atoms. The molecule has 0 aromatic carbocycles. The number of anilines is 1. The molecule has 9 heteroatoms. The fourth-order valence-corrected chi connectivity index (χ4v) is 3.87. The Bertz CT molecular complexity index is 595. The number of primary amides is 1. The number of amides is 3. The number of carbonyl (C=O) groups excluding carboxylic acids is 2. The summed E-state index contributed by atoms with van der Waals surface area (Å²) in [6.07, 6.45) is 7.06. The van der Waals surface area contributed by atoms with Gasteiger partial charge in [0.25, 0.3) is 0 Å². The quantitative estimate of drug-likeness (QED) is 0.571. The minimum absolute atomic E-state index is 0.284. The first-order valence-corrected chi connectivity index (χ1v) is 9.55. The van der Waals surface area contributed by atoms with E-state index < -0.39 is 6.03 Å². The van der Waals surface area contributed by atoms with Crippen LogP contribution in [0.2, 0.25) is 0 Å². The maximum Gasteiger partial charge on any atom is 0.318 e. The van der Waals surface area contributed by atoms with Gasteiger partial charge in [0.15, 0.2) is 5.16 Å². The zero-order valence-corrected chi connectivity index (χ0v) is 14.6. The average molecular weight is 352 g/mol. The molecule has 24 heavy (non-hydrogen) atoms. The molecule has 0 atom stereocenters. The molecule has 2 fully saturated rings. The molecule has 132 valence electrons.